The smallest absolute Gasteiger partial charge is 0.417 e. The molecule has 2 aromatic carbocycles. The van der Waals surface area contributed by atoms with E-state index in [-0.39, 0.29) is 16.7 Å². The highest BCUT2D eigenvalue weighted by Crippen LogP contribution is 2.37. The largest absolute Gasteiger partial charge is 0.481 e. The molecular weight excluding hydrogens is 288 g/mol. The maximum absolute atomic E-state index is 13.2. The standard InChI is InChI=1S/C15H10F4O2/c16-11-3-1-2-10(8-11)12-6-9(7-14(20)21)4-5-13(12)15(17,18)19/h1-6,8H,7H2,(H,20,21). The topological polar surface area (TPSA) is 37.3 Å². The van der Waals surface area contributed by atoms with Crippen LogP contribution in [-0.4, -0.2) is 11.1 Å². The Morgan fingerprint density at radius 1 is 1.10 bits per heavy atom. The monoisotopic (exact) mass is 298 g/mol. The van der Waals surface area contributed by atoms with Crippen LogP contribution in [0.5, 0.6) is 0 Å². The van der Waals surface area contributed by atoms with Crippen LogP contribution < -0.4 is 0 Å². The molecule has 110 valence electrons. The summed E-state index contributed by atoms with van der Waals surface area (Å²) in [5.74, 6) is -1.82. The molecule has 0 fully saturated rings. The molecule has 0 spiro atoms. The van der Waals surface area contributed by atoms with Gasteiger partial charge in [-0.1, -0.05) is 18.2 Å². The summed E-state index contributed by atoms with van der Waals surface area (Å²) in [5.41, 5.74) is -0.896. The second-order valence-electron chi connectivity index (χ2n) is 4.46. The highest BCUT2D eigenvalue weighted by molar-refractivity contribution is 5.73. The first-order chi connectivity index (χ1) is 9.77. The average Bonchev–Trinajstić information content (AvgIpc) is 2.36. The molecule has 0 aliphatic rings. The number of hydrogen-bond donors (Lipinski definition) is 1. The van der Waals surface area contributed by atoms with Crippen molar-refractivity contribution in [2.24, 2.45) is 0 Å². The van der Waals surface area contributed by atoms with E-state index in [9.17, 15) is 22.4 Å². The van der Waals surface area contributed by atoms with Gasteiger partial charge >= 0.3 is 12.1 Å². The van der Waals surface area contributed by atoms with Crippen molar-refractivity contribution in [3.63, 3.8) is 0 Å². The van der Waals surface area contributed by atoms with E-state index in [0.717, 1.165) is 30.3 Å². The second kappa shape index (κ2) is 5.55. The molecule has 6 heteroatoms. The normalized spacial score (nSPS) is 11.4. The van der Waals surface area contributed by atoms with Crippen molar-refractivity contribution in [2.45, 2.75) is 12.6 Å². The maximum Gasteiger partial charge on any atom is 0.417 e. The van der Waals surface area contributed by atoms with Crippen LogP contribution in [0.15, 0.2) is 42.5 Å². The first-order valence-corrected chi connectivity index (χ1v) is 5.95. The van der Waals surface area contributed by atoms with Gasteiger partial charge in [0.2, 0.25) is 0 Å². The van der Waals surface area contributed by atoms with Gasteiger partial charge in [0.05, 0.1) is 12.0 Å². The van der Waals surface area contributed by atoms with Gasteiger partial charge in [0.15, 0.2) is 0 Å². The Hall–Kier alpha value is -2.37. The summed E-state index contributed by atoms with van der Waals surface area (Å²) in [6.07, 6.45) is -5.01. The van der Waals surface area contributed by atoms with Gasteiger partial charge in [0.25, 0.3) is 0 Å². The van der Waals surface area contributed by atoms with Crippen LogP contribution in [0.2, 0.25) is 0 Å². The molecule has 2 rings (SSSR count). The van der Waals surface area contributed by atoms with Crippen molar-refractivity contribution in [2.75, 3.05) is 0 Å². The molecule has 0 heterocycles. The fraction of sp³-hybridized carbons (Fsp3) is 0.133. The molecule has 0 saturated heterocycles. The van der Waals surface area contributed by atoms with Gasteiger partial charge < -0.3 is 5.11 Å². The SMILES string of the molecule is O=C(O)Cc1ccc(C(F)(F)F)c(-c2cccc(F)c2)c1. The van der Waals surface area contributed by atoms with Crippen LogP contribution in [0.1, 0.15) is 11.1 Å². The van der Waals surface area contributed by atoms with Gasteiger partial charge in [-0.15, -0.1) is 0 Å². The maximum atomic E-state index is 13.2. The van der Waals surface area contributed by atoms with E-state index in [0.29, 0.717) is 0 Å². The Balaban J connectivity index is 2.61. The highest BCUT2D eigenvalue weighted by atomic mass is 19.4. The molecule has 0 amide bonds. The summed E-state index contributed by atoms with van der Waals surface area (Å²) in [5, 5.41) is 8.72. The predicted octanol–water partition coefficient (Wildman–Crippen LogP) is 4.14. The van der Waals surface area contributed by atoms with Crippen LogP contribution in [-0.2, 0) is 17.4 Å². The lowest BCUT2D eigenvalue weighted by Gasteiger charge is -2.14. The highest BCUT2D eigenvalue weighted by Gasteiger charge is 2.33. The molecule has 0 saturated carbocycles. The van der Waals surface area contributed by atoms with Crippen molar-refractivity contribution in [1.82, 2.24) is 0 Å². The number of benzene rings is 2. The van der Waals surface area contributed by atoms with E-state index in [1.54, 1.807) is 0 Å². The number of halogens is 4. The van der Waals surface area contributed by atoms with E-state index in [1.165, 1.54) is 12.1 Å². The zero-order valence-electron chi connectivity index (χ0n) is 10.6. The predicted molar refractivity (Wildman–Crippen MR) is 68.2 cm³/mol. The Morgan fingerprint density at radius 2 is 1.81 bits per heavy atom. The number of alkyl halides is 3. The van der Waals surface area contributed by atoms with Crippen molar-refractivity contribution >= 4 is 5.97 Å². The fourth-order valence-corrected chi connectivity index (χ4v) is 2.02. The first-order valence-electron chi connectivity index (χ1n) is 5.95. The number of carbonyl (C=O) groups is 1. The van der Waals surface area contributed by atoms with E-state index in [4.69, 9.17) is 5.11 Å². The van der Waals surface area contributed by atoms with Gasteiger partial charge in [-0.25, -0.2) is 4.39 Å². The van der Waals surface area contributed by atoms with Crippen LogP contribution in [0.25, 0.3) is 11.1 Å². The summed E-state index contributed by atoms with van der Waals surface area (Å²) >= 11 is 0. The minimum Gasteiger partial charge on any atom is -0.481 e. The van der Waals surface area contributed by atoms with Crippen molar-refractivity contribution in [1.29, 1.82) is 0 Å². The van der Waals surface area contributed by atoms with Crippen LogP contribution in [0.4, 0.5) is 17.6 Å². The molecule has 2 nitrogen and oxygen atoms in total. The Labute approximate surface area is 117 Å². The van der Waals surface area contributed by atoms with Crippen molar-refractivity contribution in [3.05, 3.63) is 59.4 Å². The van der Waals surface area contributed by atoms with Crippen molar-refractivity contribution < 1.29 is 27.5 Å². The van der Waals surface area contributed by atoms with Crippen LogP contribution >= 0.6 is 0 Å². The van der Waals surface area contributed by atoms with E-state index in [1.807, 2.05) is 0 Å². The van der Waals surface area contributed by atoms with Gasteiger partial charge in [-0.2, -0.15) is 13.2 Å². The van der Waals surface area contributed by atoms with Gasteiger partial charge in [-0.05, 0) is 41.0 Å². The molecule has 0 unspecified atom stereocenters. The molecule has 21 heavy (non-hydrogen) atoms. The number of carboxylic acid groups (broad SMARTS) is 1. The number of carboxylic acids is 1. The second-order valence-corrected chi connectivity index (χ2v) is 4.46. The van der Waals surface area contributed by atoms with E-state index >= 15 is 0 Å². The zero-order chi connectivity index (χ0) is 15.6. The van der Waals surface area contributed by atoms with Crippen LogP contribution in [0, 0.1) is 5.82 Å². The van der Waals surface area contributed by atoms with Gasteiger partial charge in [-0.3, -0.25) is 4.79 Å². The van der Waals surface area contributed by atoms with Gasteiger partial charge in [0, 0.05) is 0 Å². The summed E-state index contributed by atoms with van der Waals surface area (Å²) < 4.78 is 52.3. The zero-order valence-corrected chi connectivity index (χ0v) is 10.6. The molecular formula is C15H10F4O2. The Bertz CT molecular complexity index is 678. The summed E-state index contributed by atoms with van der Waals surface area (Å²) in [4.78, 5) is 10.7. The average molecular weight is 298 g/mol. The third-order valence-corrected chi connectivity index (χ3v) is 2.88. The fourth-order valence-electron chi connectivity index (χ4n) is 2.02. The van der Waals surface area contributed by atoms with E-state index < -0.39 is 29.9 Å². The molecule has 2 aromatic rings. The molecule has 0 aromatic heterocycles. The Morgan fingerprint density at radius 3 is 2.38 bits per heavy atom. The summed E-state index contributed by atoms with van der Waals surface area (Å²) in [7, 11) is 0. The summed E-state index contributed by atoms with van der Waals surface area (Å²) in [6.45, 7) is 0. The molecule has 0 aliphatic heterocycles. The number of aliphatic carboxylic acids is 1. The Kier molecular flexibility index (Phi) is 3.97. The quantitative estimate of drug-likeness (QED) is 0.865. The lowest BCUT2D eigenvalue weighted by Crippen LogP contribution is -2.09. The third-order valence-electron chi connectivity index (χ3n) is 2.88. The van der Waals surface area contributed by atoms with E-state index in [2.05, 4.69) is 0 Å². The van der Waals surface area contributed by atoms with Crippen LogP contribution in [0.3, 0.4) is 0 Å². The lowest BCUT2D eigenvalue weighted by atomic mass is 9.96. The minimum absolute atomic E-state index is 0.0505. The van der Waals surface area contributed by atoms with Gasteiger partial charge in [0.1, 0.15) is 5.82 Å². The molecule has 0 aliphatic carbocycles. The first kappa shape index (κ1) is 15.0. The minimum atomic E-state index is -4.61. The molecule has 0 atom stereocenters. The van der Waals surface area contributed by atoms with Crippen molar-refractivity contribution in [3.8, 4) is 11.1 Å². The molecule has 0 radical (unpaired) electrons. The number of hydrogen-bond acceptors (Lipinski definition) is 1. The lowest BCUT2D eigenvalue weighted by molar-refractivity contribution is -0.137. The third kappa shape index (κ3) is 3.59. The summed E-state index contributed by atoms with van der Waals surface area (Å²) in [6, 6.07) is 7.81. The molecule has 1 N–H and O–H groups in total. The molecule has 0 bridgehead atoms. The number of rotatable bonds is 3.